The first-order valence-electron chi connectivity index (χ1n) is 9.87. The number of carboxylic acid groups (broad SMARTS) is 1. The summed E-state index contributed by atoms with van der Waals surface area (Å²) in [5.74, 6) is 0.768. The molecule has 1 aromatic heterocycles. The Labute approximate surface area is 170 Å². The van der Waals surface area contributed by atoms with E-state index >= 15 is 0 Å². The zero-order chi connectivity index (χ0) is 20.2. The Morgan fingerprint density at radius 1 is 1.17 bits per heavy atom. The van der Waals surface area contributed by atoms with E-state index in [4.69, 9.17) is 4.74 Å². The summed E-state index contributed by atoms with van der Waals surface area (Å²) >= 11 is 0. The van der Waals surface area contributed by atoms with Crippen LogP contribution in [0, 0.1) is 6.92 Å². The molecule has 3 aromatic rings. The van der Waals surface area contributed by atoms with Crippen molar-refractivity contribution < 1.29 is 14.6 Å². The number of carbonyl (C=O) groups is 1. The summed E-state index contributed by atoms with van der Waals surface area (Å²) in [5, 5.41) is 12.9. The van der Waals surface area contributed by atoms with Crippen molar-refractivity contribution in [1.82, 2.24) is 10.3 Å². The van der Waals surface area contributed by atoms with Crippen molar-refractivity contribution in [3.8, 4) is 11.5 Å². The quantitative estimate of drug-likeness (QED) is 0.640. The number of aryl methyl sites for hydroxylation is 2. The number of hydrogen-bond acceptors (Lipinski definition) is 4. The maximum atomic E-state index is 11.4. The Morgan fingerprint density at radius 3 is 2.76 bits per heavy atom. The van der Waals surface area contributed by atoms with E-state index in [2.05, 4.69) is 29.4 Å². The third kappa shape index (κ3) is 4.46. The molecule has 1 aliphatic heterocycles. The van der Waals surface area contributed by atoms with E-state index in [-0.39, 0.29) is 6.04 Å². The van der Waals surface area contributed by atoms with Gasteiger partial charge in [-0.1, -0.05) is 23.8 Å². The number of nitrogens with one attached hydrogen (secondary N) is 1. The first-order valence-corrected chi connectivity index (χ1v) is 9.87. The molecule has 0 aliphatic carbocycles. The number of pyridine rings is 1. The van der Waals surface area contributed by atoms with Crippen molar-refractivity contribution in [2.75, 3.05) is 6.54 Å². The largest absolute Gasteiger partial charge is 0.478 e. The molecule has 2 aromatic carbocycles. The van der Waals surface area contributed by atoms with Crippen LogP contribution in [-0.2, 0) is 12.8 Å². The fraction of sp³-hybridized carbons (Fsp3) is 0.250. The number of fused-ring (bicyclic) bond motifs is 1. The third-order valence-corrected chi connectivity index (χ3v) is 5.37. The van der Waals surface area contributed by atoms with Crippen LogP contribution in [0.2, 0.25) is 0 Å². The van der Waals surface area contributed by atoms with Gasteiger partial charge in [-0.15, -0.1) is 0 Å². The van der Waals surface area contributed by atoms with Crippen molar-refractivity contribution in [1.29, 1.82) is 0 Å². The molecule has 29 heavy (non-hydrogen) atoms. The first-order chi connectivity index (χ1) is 14.1. The summed E-state index contributed by atoms with van der Waals surface area (Å²) in [5.41, 5.74) is 4.85. The summed E-state index contributed by atoms with van der Waals surface area (Å²) in [6.07, 6.45) is 5.61. The van der Waals surface area contributed by atoms with Gasteiger partial charge in [0.1, 0.15) is 11.5 Å². The molecule has 1 atom stereocenters. The van der Waals surface area contributed by atoms with E-state index in [1.165, 1.54) is 22.9 Å². The van der Waals surface area contributed by atoms with Crippen molar-refractivity contribution in [3.05, 3.63) is 88.7 Å². The van der Waals surface area contributed by atoms with Crippen molar-refractivity contribution in [3.63, 3.8) is 0 Å². The minimum atomic E-state index is -0.905. The standard InChI is InChI=1S/C24H24N2O3/c1-16-2-5-19(6-3-16)29-20-7-8-21-17(14-20)10-13-26-23(21)9-4-18-15-25-12-11-22(18)24(27)28/h2-3,5-8,11-12,14-15,23,26H,4,9-10,13H2,1H3,(H,27,28)/t23-/m0/s1. The van der Waals surface area contributed by atoms with Gasteiger partial charge in [-0.05, 0) is 79.8 Å². The number of aromatic nitrogens is 1. The Balaban J connectivity index is 1.48. The molecule has 148 valence electrons. The average Bonchev–Trinajstić information content (AvgIpc) is 2.74. The lowest BCUT2D eigenvalue weighted by Crippen LogP contribution is -2.30. The Kier molecular flexibility index (Phi) is 5.58. The van der Waals surface area contributed by atoms with Crippen molar-refractivity contribution in [2.45, 2.75) is 32.2 Å². The molecule has 0 unspecified atom stereocenters. The Morgan fingerprint density at radius 2 is 1.97 bits per heavy atom. The Bertz CT molecular complexity index is 1010. The van der Waals surface area contributed by atoms with Gasteiger partial charge >= 0.3 is 5.97 Å². The van der Waals surface area contributed by atoms with Gasteiger partial charge in [0.05, 0.1) is 5.56 Å². The molecule has 0 bridgehead atoms. The minimum absolute atomic E-state index is 0.189. The van der Waals surface area contributed by atoms with Gasteiger partial charge in [0.25, 0.3) is 0 Å². The monoisotopic (exact) mass is 388 g/mol. The van der Waals surface area contributed by atoms with Gasteiger partial charge in [0.15, 0.2) is 0 Å². The molecule has 0 saturated carbocycles. The summed E-state index contributed by atoms with van der Waals surface area (Å²) in [6, 6.07) is 16.0. The van der Waals surface area contributed by atoms with Gasteiger partial charge in [0.2, 0.25) is 0 Å². The van der Waals surface area contributed by atoms with Crippen molar-refractivity contribution >= 4 is 5.97 Å². The molecule has 0 fully saturated rings. The predicted molar refractivity (Wildman–Crippen MR) is 112 cm³/mol. The molecule has 0 amide bonds. The van der Waals surface area contributed by atoms with Gasteiger partial charge in [-0.2, -0.15) is 0 Å². The number of nitrogens with zero attached hydrogens (tertiary/aromatic N) is 1. The maximum Gasteiger partial charge on any atom is 0.336 e. The molecule has 4 rings (SSSR count). The zero-order valence-electron chi connectivity index (χ0n) is 16.4. The lowest BCUT2D eigenvalue weighted by molar-refractivity contribution is 0.0695. The SMILES string of the molecule is Cc1ccc(Oc2ccc3c(c2)CCN[C@H]3CCc2cnccc2C(=O)O)cc1. The number of benzene rings is 2. The van der Waals surface area contributed by atoms with E-state index in [0.717, 1.165) is 36.4 Å². The van der Waals surface area contributed by atoms with E-state index in [9.17, 15) is 9.90 Å². The molecule has 0 saturated heterocycles. The zero-order valence-corrected chi connectivity index (χ0v) is 16.4. The summed E-state index contributed by atoms with van der Waals surface area (Å²) in [6.45, 7) is 2.95. The first kappa shape index (κ1) is 19.2. The van der Waals surface area contributed by atoms with Crippen molar-refractivity contribution in [2.24, 2.45) is 0 Å². The number of carboxylic acids is 1. The topological polar surface area (TPSA) is 71.5 Å². The molecule has 5 nitrogen and oxygen atoms in total. The number of rotatable bonds is 6. The van der Waals surface area contributed by atoms with Gasteiger partial charge in [-0.25, -0.2) is 4.79 Å². The van der Waals surface area contributed by atoms with Crippen LogP contribution >= 0.6 is 0 Å². The summed E-state index contributed by atoms with van der Waals surface area (Å²) in [7, 11) is 0. The van der Waals surface area contributed by atoms with Gasteiger partial charge < -0.3 is 15.2 Å². The van der Waals surface area contributed by atoms with Crippen LogP contribution in [0.1, 0.15) is 45.1 Å². The van der Waals surface area contributed by atoms with Gasteiger partial charge in [-0.3, -0.25) is 4.98 Å². The number of hydrogen-bond donors (Lipinski definition) is 2. The molecule has 2 heterocycles. The molecule has 1 aliphatic rings. The molecule has 5 heteroatoms. The summed E-state index contributed by atoms with van der Waals surface area (Å²) in [4.78, 5) is 15.5. The van der Waals surface area contributed by atoms with Crippen LogP contribution in [0.15, 0.2) is 60.9 Å². The second kappa shape index (κ2) is 8.45. The highest BCUT2D eigenvalue weighted by Crippen LogP contribution is 2.31. The average molecular weight is 388 g/mol. The fourth-order valence-electron chi connectivity index (χ4n) is 3.83. The molecular weight excluding hydrogens is 364 g/mol. The molecular formula is C24H24N2O3. The third-order valence-electron chi connectivity index (χ3n) is 5.37. The summed E-state index contributed by atoms with van der Waals surface area (Å²) < 4.78 is 6.01. The smallest absolute Gasteiger partial charge is 0.336 e. The fourth-order valence-corrected chi connectivity index (χ4v) is 3.83. The maximum absolute atomic E-state index is 11.4. The second-order valence-electron chi connectivity index (χ2n) is 7.41. The van der Waals surface area contributed by atoms with Gasteiger partial charge in [0, 0.05) is 18.4 Å². The van der Waals surface area contributed by atoms with E-state index in [1.807, 2.05) is 30.3 Å². The van der Waals surface area contributed by atoms with E-state index in [1.54, 1.807) is 12.3 Å². The Hall–Kier alpha value is -3.18. The second-order valence-corrected chi connectivity index (χ2v) is 7.41. The van der Waals surface area contributed by atoms with E-state index < -0.39 is 5.97 Å². The van der Waals surface area contributed by atoms with Crippen LogP contribution in [0.5, 0.6) is 11.5 Å². The number of aromatic carboxylic acids is 1. The molecule has 2 N–H and O–H groups in total. The van der Waals surface area contributed by atoms with Crippen LogP contribution in [0.25, 0.3) is 0 Å². The predicted octanol–water partition coefficient (Wildman–Crippen LogP) is 4.70. The minimum Gasteiger partial charge on any atom is -0.478 e. The highest BCUT2D eigenvalue weighted by atomic mass is 16.5. The highest BCUT2D eigenvalue weighted by Gasteiger charge is 2.21. The van der Waals surface area contributed by atoms with E-state index in [0.29, 0.717) is 12.0 Å². The number of ether oxygens (including phenoxy) is 1. The molecule has 0 radical (unpaired) electrons. The lowest BCUT2D eigenvalue weighted by Gasteiger charge is -2.27. The molecule has 0 spiro atoms. The van der Waals surface area contributed by atoms with Crippen LogP contribution in [0.3, 0.4) is 0 Å². The highest BCUT2D eigenvalue weighted by molar-refractivity contribution is 5.89. The lowest BCUT2D eigenvalue weighted by atomic mass is 9.90. The van der Waals surface area contributed by atoms with Crippen LogP contribution in [0.4, 0.5) is 0 Å². The normalized spacial score (nSPS) is 15.6. The van der Waals surface area contributed by atoms with Crippen LogP contribution < -0.4 is 10.1 Å². The van der Waals surface area contributed by atoms with Crippen LogP contribution in [-0.4, -0.2) is 22.6 Å².